The zero-order chi connectivity index (χ0) is 21.1. The Bertz CT molecular complexity index is 1040. The van der Waals surface area contributed by atoms with E-state index in [2.05, 4.69) is 39.0 Å². The number of carbonyl (C=O) groups is 1. The number of hydrogen-bond acceptors (Lipinski definition) is 4. The lowest BCUT2D eigenvalue weighted by Crippen LogP contribution is -2.42. The summed E-state index contributed by atoms with van der Waals surface area (Å²) in [5, 5.41) is 0. The molecule has 1 aliphatic heterocycles. The van der Waals surface area contributed by atoms with Crippen LogP contribution in [0.25, 0.3) is 11.0 Å². The van der Waals surface area contributed by atoms with E-state index in [1.165, 1.54) is 5.56 Å². The van der Waals surface area contributed by atoms with Gasteiger partial charge < -0.3 is 18.9 Å². The van der Waals surface area contributed by atoms with Crippen LogP contribution in [0.1, 0.15) is 36.7 Å². The lowest BCUT2D eigenvalue weighted by molar-refractivity contribution is -0.135. The van der Waals surface area contributed by atoms with Gasteiger partial charge in [0, 0.05) is 13.1 Å². The summed E-state index contributed by atoms with van der Waals surface area (Å²) in [5.74, 6) is 2.08. The quantitative estimate of drug-likeness (QED) is 0.622. The Kier molecular flexibility index (Phi) is 6.04. The fraction of sp³-hybridized carbons (Fsp3) is 0.417. The van der Waals surface area contributed by atoms with Crippen LogP contribution in [0.4, 0.5) is 0 Å². The average Bonchev–Trinajstić information content (AvgIpc) is 3.10. The number of fused-ring (bicyclic) bond motifs is 1. The Morgan fingerprint density at radius 2 is 1.93 bits per heavy atom. The maximum Gasteiger partial charge on any atom is 0.242 e. The second-order valence-corrected chi connectivity index (χ2v) is 8.08. The molecule has 0 unspecified atom stereocenters. The molecule has 0 radical (unpaired) electrons. The third-order valence-corrected chi connectivity index (χ3v) is 5.54. The normalized spacial score (nSPS) is 14.5. The number of amides is 1. The molecule has 2 heterocycles. The van der Waals surface area contributed by atoms with Crippen LogP contribution in [-0.2, 0) is 22.7 Å². The van der Waals surface area contributed by atoms with Crippen molar-refractivity contribution in [2.75, 3.05) is 26.3 Å². The van der Waals surface area contributed by atoms with Crippen LogP contribution >= 0.6 is 0 Å². The van der Waals surface area contributed by atoms with Gasteiger partial charge in [0.25, 0.3) is 0 Å². The van der Waals surface area contributed by atoms with E-state index in [0.29, 0.717) is 38.8 Å². The first kappa shape index (κ1) is 20.4. The largest absolute Gasteiger partial charge is 0.485 e. The fourth-order valence-corrected chi connectivity index (χ4v) is 3.85. The van der Waals surface area contributed by atoms with Gasteiger partial charge in [0.05, 0.1) is 24.2 Å². The maximum atomic E-state index is 12.9. The molecule has 1 fully saturated rings. The molecule has 1 aliphatic rings. The Labute approximate surface area is 177 Å². The van der Waals surface area contributed by atoms with Gasteiger partial charge >= 0.3 is 0 Å². The van der Waals surface area contributed by atoms with Crippen molar-refractivity contribution in [2.24, 2.45) is 0 Å². The van der Waals surface area contributed by atoms with Crippen LogP contribution in [0.3, 0.4) is 0 Å². The van der Waals surface area contributed by atoms with Gasteiger partial charge in [0.15, 0.2) is 0 Å². The van der Waals surface area contributed by atoms with Crippen molar-refractivity contribution in [3.8, 4) is 5.75 Å². The van der Waals surface area contributed by atoms with Crippen LogP contribution in [0.5, 0.6) is 5.75 Å². The predicted octanol–water partition coefficient (Wildman–Crippen LogP) is 3.91. The van der Waals surface area contributed by atoms with E-state index >= 15 is 0 Å². The van der Waals surface area contributed by atoms with E-state index in [9.17, 15) is 4.79 Å². The zero-order valence-corrected chi connectivity index (χ0v) is 17.9. The van der Waals surface area contributed by atoms with Gasteiger partial charge in [-0.05, 0) is 42.2 Å². The molecule has 0 aliphatic carbocycles. The molecule has 3 aromatic rings. The number of hydrogen-bond donors (Lipinski definition) is 0. The highest BCUT2D eigenvalue weighted by Gasteiger charge is 2.20. The van der Waals surface area contributed by atoms with Gasteiger partial charge in [-0.25, -0.2) is 4.98 Å². The van der Waals surface area contributed by atoms with E-state index in [0.717, 1.165) is 28.2 Å². The first-order valence-electron chi connectivity index (χ1n) is 10.6. The van der Waals surface area contributed by atoms with Crippen LogP contribution in [0, 0.1) is 6.92 Å². The van der Waals surface area contributed by atoms with Gasteiger partial charge in [-0.1, -0.05) is 38.1 Å². The Morgan fingerprint density at radius 3 is 2.70 bits per heavy atom. The maximum absolute atomic E-state index is 12.9. The van der Waals surface area contributed by atoms with Crippen LogP contribution < -0.4 is 4.74 Å². The number of nitrogens with zero attached hydrogens (tertiary/aromatic N) is 3. The standard InChI is InChI=1S/C24H29N3O3/c1-17(2)19-9-8-18(3)14-22(19)30-16-23-25-20-6-4-5-7-21(20)27(23)15-24(28)26-10-12-29-13-11-26/h4-9,14,17H,10-13,15-16H2,1-3H3. The first-order valence-corrected chi connectivity index (χ1v) is 10.6. The summed E-state index contributed by atoms with van der Waals surface area (Å²) in [6.45, 7) is 9.42. The molecule has 0 bridgehead atoms. The molecule has 1 aromatic heterocycles. The number of benzene rings is 2. The van der Waals surface area contributed by atoms with Crippen molar-refractivity contribution in [3.05, 3.63) is 59.4 Å². The first-order chi connectivity index (χ1) is 14.5. The van der Waals surface area contributed by atoms with Crippen molar-refractivity contribution in [2.45, 2.75) is 39.8 Å². The Hall–Kier alpha value is -2.86. The van der Waals surface area contributed by atoms with Crippen molar-refractivity contribution >= 4 is 16.9 Å². The number of aromatic nitrogens is 2. The molecule has 0 N–H and O–H groups in total. The smallest absolute Gasteiger partial charge is 0.242 e. The highest BCUT2D eigenvalue weighted by molar-refractivity contribution is 5.81. The highest BCUT2D eigenvalue weighted by atomic mass is 16.5. The second kappa shape index (κ2) is 8.88. The summed E-state index contributed by atoms with van der Waals surface area (Å²) in [6.07, 6.45) is 0. The summed E-state index contributed by atoms with van der Waals surface area (Å²) in [6, 6.07) is 14.2. The third kappa shape index (κ3) is 4.33. The molecule has 0 atom stereocenters. The summed E-state index contributed by atoms with van der Waals surface area (Å²) in [4.78, 5) is 19.5. The average molecular weight is 408 g/mol. The molecule has 0 spiro atoms. The summed E-state index contributed by atoms with van der Waals surface area (Å²) < 4.78 is 13.6. The molecular formula is C24H29N3O3. The Balaban J connectivity index is 1.60. The minimum Gasteiger partial charge on any atom is -0.485 e. The minimum atomic E-state index is 0.0844. The van der Waals surface area contributed by atoms with E-state index < -0.39 is 0 Å². The van der Waals surface area contributed by atoms with Crippen molar-refractivity contribution < 1.29 is 14.3 Å². The Morgan fingerprint density at radius 1 is 1.17 bits per heavy atom. The number of morpholine rings is 1. The topological polar surface area (TPSA) is 56.6 Å². The lowest BCUT2D eigenvalue weighted by Gasteiger charge is -2.27. The number of carbonyl (C=O) groups excluding carboxylic acids is 1. The van der Waals surface area contributed by atoms with E-state index in [1.807, 2.05) is 33.7 Å². The van der Waals surface area contributed by atoms with E-state index in [1.54, 1.807) is 0 Å². The molecule has 0 saturated carbocycles. The number of para-hydroxylation sites is 2. The molecular weight excluding hydrogens is 378 g/mol. The van der Waals surface area contributed by atoms with Crippen LogP contribution in [0.2, 0.25) is 0 Å². The van der Waals surface area contributed by atoms with Crippen LogP contribution in [0.15, 0.2) is 42.5 Å². The molecule has 6 nitrogen and oxygen atoms in total. The van der Waals surface area contributed by atoms with Gasteiger partial charge in [0.2, 0.25) is 5.91 Å². The van der Waals surface area contributed by atoms with Crippen molar-refractivity contribution in [3.63, 3.8) is 0 Å². The molecule has 1 saturated heterocycles. The fourth-order valence-electron chi connectivity index (χ4n) is 3.85. The van der Waals surface area contributed by atoms with Crippen molar-refractivity contribution in [1.82, 2.24) is 14.5 Å². The van der Waals surface area contributed by atoms with E-state index in [4.69, 9.17) is 14.5 Å². The van der Waals surface area contributed by atoms with Gasteiger partial charge in [-0.2, -0.15) is 0 Å². The molecule has 158 valence electrons. The van der Waals surface area contributed by atoms with Crippen LogP contribution in [-0.4, -0.2) is 46.7 Å². The molecule has 4 rings (SSSR count). The summed E-state index contributed by atoms with van der Waals surface area (Å²) >= 11 is 0. The SMILES string of the molecule is Cc1ccc(C(C)C)c(OCc2nc3ccccc3n2CC(=O)N2CCOCC2)c1. The number of ether oxygens (including phenoxy) is 2. The predicted molar refractivity (Wildman–Crippen MR) is 117 cm³/mol. The molecule has 1 amide bonds. The van der Waals surface area contributed by atoms with Crippen molar-refractivity contribution in [1.29, 1.82) is 0 Å². The van der Waals surface area contributed by atoms with Gasteiger partial charge in [-0.15, -0.1) is 0 Å². The van der Waals surface area contributed by atoms with E-state index in [-0.39, 0.29) is 12.5 Å². The monoisotopic (exact) mass is 407 g/mol. The summed E-state index contributed by atoms with van der Waals surface area (Å²) in [5.41, 5.74) is 4.16. The number of imidazole rings is 1. The van der Waals surface area contributed by atoms with Gasteiger partial charge in [-0.3, -0.25) is 4.79 Å². The third-order valence-electron chi connectivity index (χ3n) is 5.54. The number of aryl methyl sites for hydroxylation is 1. The minimum absolute atomic E-state index is 0.0844. The number of rotatable bonds is 6. The molecule has 2 aromatic carbocycles. The van der Waals surface area contributed by atoms with Gasteiger partial charge in [0.1, 0.15) is 24.7 Å². The second-order valence-electron chi connectivity index (χ2n) is 8.08. The molecule has 30 heavy (non-hydrogen) atoms. The molecule has 6 heteroatoms. The lowest BCUT2D eigenvalue weighted by atomic mass is 10.0. The highest BCUT2D eigenvalue weighted by Crippen LogP contribution is 2.28. The zero-order valence-electron chi connectivity index (χ0n) is 17.9. The summed E-state index contributed by atoms with van der Waals surface area (Å²) in [7, 11) is 0.